The van der Waals surface area contributed by atoms with Crippen molar-refractivity contribution in [1.29, 1.82) is 0 Å². The van der Waals surface area contributed by atoms with Crippen LogP contribution in [0.3, 0.4) is 0 Å². The molecule has 1 fully saturated rings. The van der Waals surface area contributed by atoms with E-state index in [4.69, 9.17) is 19.8 Å². The summed E-state index contributed by atoms with van der Waals surface area (Å²) in [6, 6.07) is 15.6. The van der Waals surface area contributed by atoms with Gasteiger partial charge in [0.05, 0.1) is 0 Å². The van der Waals surface area contributed by atoms with E-state index in [2.05, 4.69) is 85.1 Å². The minimum atomic E-state index is -1.82. The number of benzene rings is 2. The van der Waals surface area contributed by atoms with Gasteiger partial charge in [0, 0.05) is 58.2 Å². The van der Waals surface area contributed by atoms with Gasteiger partial charge in [0.1, 0.15) is 0 Å². The van der Waals surface area contributed by atoms with Gasteiger partial charge in [-0.05, 0) is 48.7 Å². The summed E-state index contributed by atoms with van der Waals surface area (Å²) in [5.74, 6) is -3.65. The van der Waals surface area contributed by atoms with E-state index in [1.54, 1.807) is 0 Å². The Morgan fingerprint density at radius 3 is 1.97 bits per heavy atom. The molecule has 0 saturated carbocycles. The van der Waals surface area contributed by atoms with Gasteiger partial charge < -0.3 is 20.0 Å². The van der Waals surface area contributed by atoms with Gasteiger partial charge in [-0.2, -0.15) is 0 Å². The standard InChI is InChI=1S/C21H29N3.C2H2O4/c1-17-6-5-7-21(18(17)2)24-14-12-23(13-15-24)16-19-8-10-20(11-9-19)22(3)4;3-1(4)2(5)6/h5-11H,12-16H2,1-4H3;(H,3,4)(H,5,6). The summed E-state index contributed by atoms with van der Waals surface area (Å²) in [6.07, 6.45) is 0. The maximum Gasteiger partial charge on any atom is 0.414 e. The zero-order valence-electron chi connectivity index (χ0n) is 18.1. The van der Waals surface area contributed by atoms with Gasteiger partial charge in [-0.3, -0.25) is 4.90 Å². The highest BCUT2D eigenvalue weighted by molar-refractivity contribution is 6.27. The average molecular weight is 414 g/mol. The predicted molar refractivity (Wildman–Crippen MR) is 119 cm³/mol. The van der Waals surface area contributed by atoms with E-state index < -0.39 is 11.9 Å². The Kier molecular flexibility index (Phi) is 8.24. The smallest absolute Gasteiger partial charge is 0.414 e. The first-order valence-electron chi connectivity index (χ1n) is 9.95. The molecule has 0 bridgehead atoms. The molecule has 0 aliphatic carbocycles. The van der Waals surface area contributed by atoms with Crippen molar-refractivity contribution in [3.63, 3.8) is 0 Å². The van der Waals surface area contributed by atoms with Crippen LogP contribution in [-0.2, 0) is 16.1 Å². The molecule has 0 radical (unpaired) electrons. The number of anilines is 2. The van der Waals surface area contributed by atoms with Gasteiger partial charge in [0.15, 0.2) is 0 Å². The van der Waals surface area contributed by atoms with Crippen molar-refractivity contribution in [3.05, 3.63) is 59.2 Å². The number of aliphatic carboxylic acids is 2. The molecule has 1 saturated heterocycles. The molecule has 1 heterocycles. The first-order chi connectivity index (χ1) is 14.2. The number of carbonyl (C=O) groups is 2. The predicted octanol–water partition coefficient (Wildman–Crippen LogP) is 2.85. The zero-order chi connectivity index (χ0) is 22.3. The van der Waals surface area contributed by atoms with Crippen molar-refractivity contribution in [2.45, 2.75) is 20.4 Å². The number of piperazine rings is 1. The Bertz CT molecular complexity index is 845. The summed E-state index contributed by atoms with van der Waals surface area (Å²) >= 11 is 0. The summed E-state index contributed by atoms with van der Waals surface area (Å²) in [5, 5.41) is 14.8. The number of carboxylic acid groups (broad SMARTS) is 2. The third-order valence-corrected chi connectivity index (χ3v) is 5.33. The molecule has 0 amide bonds. The van der Waals surface area contributed by atoms with Crippen molar-refractivity contribution in [2.75, 3.05) is 50.1 Å². The van der Waals surface area contributed by atoms with Crippen LogP contribution in [0.15, 0.2) is 42.5 Å². The fourth-order valence-electron chi connectivity index (χ4n) is 3.38. The maximum absolute atomic E-state index is 9.10. The summed E-state index contributed by atoms with van der Waals surface area (Å²) in [4.78, 5) is 25.4. The van der Waals surface area contributed by atoms with Crippen LogP contribution >= 0.6 is 0 Å². The van der Waals surface area contributed by atoms with Crippen molar-refractivity contribution in [3.8, 4) is 0 Å². The van der Waals surface area contributed by atoms with Crippen LogP contribution in [0, 0.1) is 13.8 Å². The Balaban J connectivity index is 0.000000469. The molecular formula is C23H31N3O4. The van der Waals surface area contributed by atoms with Crippen LogP contribution in [0.1, 0.15) is 16.7 Å². The zero-order valence-corrected chi connectivity index (χ0v) is 18.1. The first-order valence-corrected chi connectivity index (χ1v) is 9.95. The molecule has 2 N–H and O–H groups in total. The molecule has 0 unspecified atom stereocenters. The fraction of sp³-hybridized carbons (Fsp3) is 0.391. The van der Waals surface area contributed by atoms with E-state index in [-0.39, 0.29) is 0 Å². The lowest BCUT2D eigenvalue weighted by Crippen LogP contribution is -2.46. The Labute approximate surface area is 178 Å². The molecule has 0 atom stereocenters. The van der Waals surface area contributed by atoms with Gasteiger partial charge in [-0.15, -0.1) is 0 Å². The lowest BCUT2D eigenvalue weighted by Gasteiger charge is -2.37. The van der Waals surface area contributed by atoms with Gasteiger partial charge in [-0.1, -0.05) is 24.3 Å². The molecule has 2 aromatic carbocycles. The largest absolute Gasteiger partial charge is 0.473 e. The molecule has 0 aromatic heterocycles. The van der Waals surface area contributed by atoms with E-state index >= 15 is 0 Å². The highest BCUT2D eigenvalue weighted by atomic mass is 16.4. The SMILES string of the molecule is Cc1cccc(N2CCN(Cc3ccc(N(C)C)cc3)CC2)c1C.O=C(O)C(=O)O. The number of hydrogen-bond acceptors (Lipinski definition) is 5. The lowest BCUT2D eigenvalue weighted by atomic mass is 10.1. The second-order valence-corrected chi connectivity index (χ2v) is 7.65. The maximum atomic E-state index is 9.10. The summed E-state index contributed by atoms with van der Waals surface area (Å²) in [5.41, 5.74) is 6.88. The normalized spacial score (nSPS) is 13.9. The third kappa shape index (κ3) is 6.49. The molecule has 162 valence electrons. The minimum absolute atomic E-state index is 1.05. The van der Waals surface area contributed by atoms with Crippen LogP contribution in [0.4, 0.5) is 11.4 Å². The molecule has 2 aromatic rings. The Hall–Kier alpha value is -3.06. The molecule has 0 spiro atoms. The summed E-state index contributed by atoms with van der Waals surface area (Å²) in [7, 11) is 4.17. The number of nitrogens with zero attached hydrogens (tertiary/aromatic N) is 3. The van der Waals surface area contributed by atoms with E-state index in [0.29, 0.717) is 0 Å². The average Bonchev–Trinajstić information content (AvgIpc) is 2.71. The summed E-state index contributed by atoms with van der Waals surface area (Å²) in [6.45, 7) is 9.97. The molecule has 30 heavy (non-hydrogen) atoms. The Morgan fingerprint density at radius 1 is 0.900 bits per heavy atom. The quantitative estimate of drug-likeness (QED) is 0.746. The van der Waals surface area contributed by atoms with E-state index in [0.717, 1.165) is 32.7 Å². The van der Waals surface area contributed by atoms with Gasteiger partial charge >= 0.3 is 11.9 Å². The van der Waals surface area contributed by atoms with Crippen LogP contribution in [-0.4, -0.2) is 67.3 Å². The number of rotatable bonds is 4. The third-order valence-electron chi connectivity index (χ3n) is 5.33. The number of carboxylic acids is 2. The Morgan fingerprint density at radius 2 is 1.47 bits per heavy atom. The van der Waals surface area contributed by atoms with Crippen LogP contribution in [0.5, 0.6) is 0 Å². The molecule has 1 aliphatic heterocycles. The minimum Gasteiger partial charge on any atom is -0.473 e. The lowest BCUT2D eigenvalue weighted by molar-refractivity contribution is -0.159. The molecular weight excluding hydrogens is 382 g/mol. The second kappa shape index (κ2) is 10.6. The highest BCUT2D eigenvalue weighted by Gasteiger charge is 2.18. The van der Waals surface area contributed by atoms with Gasteiger partial charge in [-0.25, -0.2) is 9.59 Å². The first kappa shape index (κ1) is 23.2. The monoisotopic (exact) mass is 413 g/mol. The van der Waals surface area contributed by atoms with Gasteiger partial charge in [0.2, 0.25) is 0 Å². The van der Waals surface area contributed by atoms with E-state index in [1.165, 1.54) is 28.1 Å². The summed E-state index contributed by atoms with van der Waals surface area (Å²) < 4.78 is 0. The van der Waals surface area contributed by atoms with E-state index in [9.17, 15) is 0 Å². The fourth-order valence-corrected chi connectivity index (χ4v) is 3.38. The molecule has 7 heteroatoms. The van der Waals surface area contributed by atoms with Crippen molar-refractivity contribution in [1.82, 2.24) is 4.90 Å². The second-order valence-electron chi connectivity index (χ2n) is 7.65. The number of hydrogen-bond donors (Lipinski definition) is 2. The highest BCUT2D eigenvalue weighted by Crippen LogP contribution is 2.24. The van der Waals surface area contributed by atoms with Crippen LogP contribution in [0.25, 0.3) is 0 Å². The van der Waals surface area contributed by atoms with Crippen LogP contribution < -0.4 is 9.80 Å². The number of aryl methyl sites for hydroxylation is 1. The molecule has 1 aliphatic rings. The molecule has 3 rings (SSSR count). The van der Waals surface area contributed by atoms with Crippen molar-refractivity contribution in [2.24, 2.45) is 0 Å². The van der Waals surface area contributed by atoms with Crippen molar-refractivity contribution < 1.29 is 19.8 Å². The topological polar surface area (TPSA) is 84.3 Å². The van der Waals surface area contributed by atoms with E-state index in [1.807, 2.05) is 0 Å². The van der Waals surface area contributed by atoms with Crippen molar-refractivity contribution >= 4 is 23.3 Å². The van der Waals surface area contributed by atoms with Gasteiger partial charge in [0.25, 0.3) is 0 Å². The van der Waals surface area contributed by atoms with Crippen LogP contribution in [0.2, 0.25) is 0 Å². The molecule has 7 nitrogen and oxygen atoms in total.